The Morgan fingerprint density at radius 1 is 1.25 bits per heavy atom. The molecule has 1 amide bonds. The van der Waals surface area contributed by atoms with Crippen LogP contribution >= 0.6 is 15.9 Å². The van der Waals surface area contributed by atoms with Crippen molar-refractivity contribution in [3.63, 3.8) is 0 Å². The zero-order valence-corrected chi connectivity index (χ0v) is 15.9. The Kier molecular flexibility index (Phi) is 4.45. The Hall–Kier alpha value is -2.14. The Bertz CT molecular complexity index is 943. The van der Waals surface area contributed by atoms with E-state index in [1.54, 1.807) is 0 Å². The lowest BCUT2D eigenvalue weighted by molar-refractivity contribution is 0.102. The molecule has 0 radical (unpaired) electrons. The molecular weight excluding hydrogens is 366 g/mol. The van der Waals surface area contributed by atoms with E-state index >= 15 is 0 Å². The fraction of sp³-hybridized carbons (Fsp3) is 0.263. The zero-order valence-electron chi connectivity index (χ0n) is 14.3. The molecule has 0 atom stereocenters. The van der Waals surface area contributed by atoms with Crippen LogP contribution in [-0.2, 0) is 6.42 Å². The van der Waals surface area contributed by atoms with E-state index in [1.807, 2.05) is 62.6 Å². The SMILES string of the molecule is CCc1nc2c(C)cc(Br)cn2c1C(=O)Nc1cccc(C)c1C. The highest BCUT2D eigenvalue weighted by atomic mass is 79.9. The van der Waals surface area contributed by atoms with Gasteiger partial charge in [0.25, 0.3) is 5.91 Å². The van der Waals surface area contributed by atoms with Gasteiger partial charge in [0.2, 0.25) is 0 Å². The van der Waals surface area contributed by atoms with Crippen molar-refractivity contribution in [3.8, 4) is 0 Å². The van der Waals surface area contributed by atoms with Gasteiger partial charge in [-0.2, -0.15) is 0 Å². The van der Waals surface area contributed by atoms with Crippen LogP contribution in [-0.4, -0.2) is 15.3 Å². The van der Waals surface area contributed by atoms with Gasteiger partial charge in [-0.15, -0.1) is 0 Å². The van der Waals surface area contributed by atoms with Crippen LogP contribution in [0.4, 0.5) is 5.69 Å². The summed E-state index contributed by atoms with van der Waals surface area (Å²) >= 11 is 3.51. The van der Waals surface area contributed by atoms with E-state index in [1.165, 1.54) is 0 Å². The summed E-state index contributed by atoms with van der Waals surface area (Å²) in [5, 5.41) is 3.04. The summed E-state index contributed by atoms with van der Waals surface area (Å²) in [4.78, 5) is 17.6. The lowest BCUT2D eigenvalue weighted by atomic mass is 10.1. The highest BCUT2D eigenvalue weighted by Gasteiger charge is 2.20. The molecule has 0 unspecified atom stereocenters. The molecule has 0 aliphatic rings. The number of nitrogens with zero attached hydrogens (tertiary/aromatic N) is 2. The molecule has 0 aliphatic heterocycles. The minimum absolute atomic E-state index is 0.134. The van der Waals surface area contributed by atoms with Gasteiger partial charge in [0.15, 0.2) is 0 Å². The molecule has 0 spiro atoms. The van der Waals surface area contributed by atoms with Gasteiger partial charge in [0, 0.05) is 16.4 Å². The van der Waals surface area contributed by atoms with Gasteiger partial charge < -0.3 is 5.32 Å². The molecule has 3 aromatic rings. The van der Waals surface area contributed by atoms with E-state index in [2.05, 4.69) is 26.2 Å². The molecular formula is C19H20BrN3O. The lowest BCUT2D eigenvalue weighted by Crippen LogP contribution is -2.17. The summed E-state index contributed by atoms with van der Waals surface area (Å²) in [6, 6.07) is 7.93. The van der Waals surface area contributed by atoms with Crippen LogP contribution in [0.15, 0.2) is 34.9 Å². The number of carbonyl (C=O) groups excluding carboxylic acids is 1. The number of fused-ring (bicyclic) bond motifs is 1. The molecule has 1 aromatic carbocycles. The fourth-order valence-corrected chi connectivity index (χ4v) is 3.42. The van der Waals surface area contributed by atoms with Crippen molar-refractivity contribution < 1.29 is 4.79 Å². The van der Waals surface area contributed by atoms with Gasteiger partial charge in [-0.05, 0) is 71.9 Å². The monoisotopic (exact) mass is 385 g/mol. The average molecular weight is 386 g/mol. The van der Waals surface area contributed by atoms with Gasteiger partial charge in [0.1, 0.15) is 11.3 Å². The molecule has 4 nitrogen and oxygen atoms in total. The Morgan fingerprint density at radius 2 is 2.00 bits per heavy atom. The van der Waals surface area contributed by atoms with Crippen LogP contribution in [0.2, 0.25) is 0 Å². The van der Waals surface area contributed by atoms with Crippen molar-refractivity contribution in [1.82, 2.24) is 9.38 Å². The summed E-state index contributed by atoms with van der Waals surface area (Å²) in [5.74, 6) is -0.134. The number of imidazole rings is 1. The van der Waals surface area contributed by atoms with E-state index in [0.717, 1.165) is 38.2 Å². The van der Waals surface area contributed by atoms with Crippen molar-refractivity contribution in [1.29, 1.82) is 0 Å². The van der Waals surface area contributed by atoms with Crippen molar-refractivity contribution >= 4 is 33.2 Å². The number of aryl methyl sites for hydroxylation is 3. The fourth-order valence-electron chi connectivity index (χ4n) is 2.87. The summed E-state index contributed by atoms with van der Waals surface area (Å²) in [6.45, 7) is 8.07. The lowest BCUT2D eigenvalue weighted by Gasteiger charge is -2.11. The number of anilines is 1. The smallest absolute Gasteiger partial charge is 0.274 e. The van der Waals surface area contributed by atoms with Gasteiger partial charge in [-0.1, -0.05) is 19.1 Å². The van der Waals surface area contributed by atoms with E-state index in [9.17, 15) is 4.79 Å². The van der Waals surface area contributed by atoms with E-state index in [0.29, 0.717) is 12.1 Å². The molecule has 2 aromatic heterocycles. The molecule has 24 heavy (non-hydrogen) atoms. The normalized spacial score (nSPS) is 11.0. The highest BCUT2D eigenvalue weighted by Crippen LogP contribution is 2.23. The Balaban J connectivity index is 2.11. The van der Waals surface area contributed by atoms with E-state index < -0.39 is 0 Å². The number of pyridine rings is 1. The van der Waals surface area contributed by atoms with Crippen LogP contribution in [0.25, 0.3) is 5.65 Å². The predicted octanol–water partition coefficient (Wildman–Crippen LogP) is 4.84. The van der Waals surface area contributed by atoms with Crippen LogP contribution < -0.4 is 5.32 Å². The first-order chi connectivity index (χ1) is 11.4. The minimum atomic E-state index is -0.134. The molecule has 5 heteroatoms. The molecule has 0 fully saturated rings. The third-order valence-corrected chi connectivity index (χ3v) is 4.78. The largest absolute Gasteiger partial charge is 0.320 e. The first kappa shape index (κ1) is 16.7. The maximum absolute atomic E-state index is 13.0. The van der Waals surface area contributed by atoms with Gasteiger partial charge in [-0.3, -0.25) is 9.20 Å². The third kappa shape index (κ3) is 2.84. The van der Waals surface area contributed by atoms with Crippen molar-refractivity contribution in [3.05, 3.63) is 63.0 Å². The first-order valence-corrected chi connectivity index (χ1v) is 8.76. The van der Waals surface area contributed by atoms with Crippen molar-refractivity contribution in [2.75, 3.05) is 5.32 Å². The topological polar surface area (TPSA) is 46.4 Å². The number of hydrogen-bond acceptors (Lipinski definition) is 2. The second-order valence-corrected chi connectivity index (χ2v) is 6.91. The number of rotatable bonds is 3. The molecule has 0 bridgehead atoms. The zero-order chi connectivity index (χ0) is 17.4. The van der Waals surface area contributed by atoms with Crippen LogP contribution in [0.3, 0.4) is 0 Å². The van der Waals surface area contributed by atoms with Crippen molar-refractivity contribution in [2.24, 2.45) is 0 Å². The standard InChI is InChI=1S/C19H20BrN3O/c1-5-15-17(23-10-14(20)9-12(3)18(23)21-15)19(24)22-16-8-6-7-11(2)13(16)4/h6-10H,5H2,1-4H3,(H,22,24). The Labute approximate surface area is 150 Å². The predicted molar refractivity (Wildman–Crippen MR) is 101 cm³/mol. The van der Waals surface area contributed by atoms with E-state index in [4.69, 9.17) is 0 Å². The molecule has 0 aliphatic carbocycles. The third-order valence-electron chi connectivity index (χ3n) is 4.35. The Morgan fingerprint density at radius 3 is 2.71 bits per heavy atom. The van der Waals surface area contributed by atoms with Crippen molar-refractivity contribution in [2.45, 2.75) is 34.1 Å². The summed E-state index contributed by atoms with van der Waals surface area (Å²) in [5.41, 5.74) is 6.32. The molecule has 0 saturated heterocycles. The van der Waals surface area contributed by atoms with Gasteiger partial charge in [-0.25, -0.2) is 4.98 Å². The number of aromatic nitrogens is 2. The van der Waals surface area contributed by atoms with Gasteiger partial charge in [0.05, 0.1) is 5.69 Å². The maximum atomic E-state index is 13.0. The first-order valence-electron chi connectivity index (χ1n) is 7.97. The maximum Gasteiger partial charge on any atom is 0.274 e. The molecule has 0 saturated carbocycles. The number of nitrogens with one attached hydrogen (secondary N) is 1. The highest BCUT2D eigenvalue weighted by molar-refractivity contribution is 9.10. The van der Waals surface area contributed by atoms with Gasteiger partial charge >= 0.3 is 0 Å². The summed E-state index contributed by atoms with van der Waals surface area (Å²) < 4.78 is 2.80. The molecule has 1 N–H and O–H groups in total. The average Bonchev–Trinajstić information content (AvgIpc) is 2.90. The second kappa shape index (κ2) is 6.40. The number of carbonyl (C=O) groups is 1. The number of hydrogen-bond donors (Lipinski definition) is 1. The minimum Gasteiger partial charge on any atom is -0.320 e. The van der Waals surface area contributed by atoms with E-state index in [-0.39, 0.29) is 5.91 Å². The number of halogens is 1. The molecule has 124 valence electrons. The summed E-state index contributed by atoms with van der Waals surface area (Å²) in [6.07, 6.45) is 2.60. The number of benzene rings is 1. The van der Waals surface area contributed by atoms with Crippen LogP contribution in [0.5, 0.6) is 0 Å². The van der Waals surface area contributed by atoms with Crippen LogP contribution in [0.1, 0.15) is 39.8 Å². The molecule has 3 rings (SSSR count). The quantitative estimate of drug-likeness (QED) is 0.701. The van der Waals surface area contributed by atoms with Crippen LogP contribution in [0, 0.1) is 20.8 Å². The summed E-state index contributed by atoms with van der Waals surface area (Å²) in [7, 11) is 0. The second-order valence-electron chi connectivity index (χ2n) is 6.00. The number of amides is 1. The molecule has 2 heterocycles.